The molecule has 1 aliphatic heterocycles. The number of anilines is 1. The van der Waals surface area contributed by atoms with E-state index in [1.165, 1.54) is 18.2 Å². The van der Waals surface area contributed by atoms with Crippen molar-refractivity contribution in [2.75, 3.05) is 11.5 Å². The Morgan fingerprint density at radius 2 is 1.79 bits per heavy atom. The molecule has 0 aromatic heterocycles. The highest BCUT2D eigenvalue weighted by molar-refractivity contribution is 6.39. The molecule has 1 aliphatic rings. The Morgan fingerprint density at radius 3 is 2.43 bits per heavy atom. The van der Waals surface area contributed by atoms with Crippen molar-refractivity contribution in [3.8, 4) is 11.5 Å². The summed E-state index contributed by atoms with van der Waals surface area (Å²) < 4.78 is 5.32. The van der Waals surface area contributed by atoms with Gasteiger partial charge in [0, 0.05) is 0 Å². The summed E-state index contributed by atoms with van der Waals surface area (Å²) in [5.41, 5.74) is 1.73. The highest BCUT2D eigenvalue weighted by Crippen LogP contribution is 2.29. The van der Waals surface area contributed by atoms with Gasteiger partial charge in [0.1, 0.15) is 5.57 Å². The lowest BCUT2D eigenvalue weighted by Gasteiger charge is -2.26. The first-order valence-corrected chi connectivity index (χ1v) is 8.90. The van der Waals surface area contributed by atoms with Gasteiger partial charge in [-0.1, -0.05) is 25.1 Å². The fraction of sp³-hybridized carbons (Fsp3) is 0.190. The van der Waals surface area contributed by atoms with Gasteiger partial charge in [0.2, 0.25) is 0 Å². The lowest BCUT2D eigenvalue weighted by molar-refractivity contribution is -0.122. The number of nitrogens with one attached hydrogen (secondary N) is 1. The molecule has 0 bridgehead atoms. The number of benzene rings is 2. The van der Waals surface area contributed by atoms with E-state index >= 15 is 0 Å². The third-order valence-electron chi connectivity index (χ3n) is 4.30. The molecule has 7 heteroatoms. The van der Waals surface area contributed by atoms with Crippen LogP contribution in [0, 0.1) is 0 Å². The molecule has 4 amide bonds. The molecule has 3 rings (SSSR count). The topological polar surface area (TPSA) is 95.9 Å². The zero-order valence-electron chi connectivity index (χ0n) is 15.6. The van der Waals surface area contributed by atoms with E-state index in [0.29, 0.717) is 17.9 Å². The molecule has 0 unspecified atom stereocenters. The largest absolute Gasteiger partial charge is 0.504 e. The van der Waals surface area contributed by atoms with Crippen molar-refractivity contribution in [1.29, 1.82) is 0 Å². The van der Waals surface area contributed by atoms with Crippen LogP contribution in [-0.2, 0) is 16.0 Å². The predicted molar refractivity (Wildman–Crippen MR) is 104 cm³/mol. The number of rotatable bonds is 5. The van der Waals surface area contributed by atoms with Crippen molar-refractivity contribution < 1.29 is 24.2 Å². The molecule has 0 aliphatic carbocycles. The number of imide groups is 2. The lowest BCUT2D eigenvalue weighted by Crippen LogP contribution is -2.54. The van der Waals surface area contributed by atoms with Gasteiger partial charge < -0.3 is 9.84 Å². The second-order valence-corrected chi connectivity index (χ2v) is 6.14. The van der Waals surface area contributed by atoms with Crippen LogP contribution in [0.25, 0.3) is 6.08 Å². The van der Waals surface area contributed by atoms with Crippen LogP contribution in [0.4, 0.5) is 10.5 Å². The molecule has 2 N–H and O–H groups in total. The summed E-state index contributed by atoms with van der Waals surface area (Å²) in [7, 11) is 0. The van der Waals surface area contributed by atoms with Gasteiger partial charge in [0.05, 0.1) is 12.3 Å². The van der Waals surface area contributed by atoms with Crippen molar-refractivity contribution in [2.45, 2.75) is 20.3 Å². The van der Waals surface area contributed by atoms with E-state index in [1.807, 2.05) is 19.1 Å². The third kappa shape index (κ3) is 3.73. The van der Waals surface area contributed by atoms with Crippen LogP contribution in [0.3, 0.4) is 0 Å². The summed E-state index contributed by atoms with van der Waals surface area (Å²) in [6.45, 7) is 4.13. The molecule has 1 heterocycles. The zero-order valence-corrected chi connectivity index (χ0v) is 15.6. The van der Waals surface area contributed by atoms with Gasteiger partial charge in [-0.05, 0) is 54.8 Å². The predicted octanol–water partition coefficient (Wildman–Crippen LogP) is 3.02. The SMILES string of the molecule is CCOc1cc(C=C2C(=O)NC(=O)N(c3ccc(CC)cc3)C2=O)ccc1O. The molecule has 0 atom stereocenters. The van der Waals surface area contributed by atoms with E-state index in [0.717, 1.165) is 16.9 Å². The van der Waals surface area contributed by atoms with E-state index in [4.69, 9.17) is 4.74 Å². The molecule has 1 saturated heterocycles. The van der Waals surface area contributed by atoms with Crippen LogP contribution in [0.15, 0.2) is 48.0 Å². The molecule has 2 aromatic carbocycles. The number of carbonyl (C=O) groups excluding carboxylic acids is 3. The minimum atomic E-state index is -0.794. The second kappa shape index (κ2) is 7.96. The van der Waals surface area contributed by atoms with Crippen LogP contribution in [0.2, 0.25) is 0 Å². The zero-order chi connectivity index (χ0) is 20.3. The molecule has 144 valence electrons. The molecule has 7 nitrogen and oxygen atoms in total. The fourth-order valence-corrected chi connectivity index (χ4v) is 2.83. The first-order chi connectivity index (χ1) is 13.4. The minimum Gasteiger partial charge on any atom is -0.504 e. The second-order valence-electron chi connectivity index (χ2n) is 6.14. The first-order valence-electron chi connectivity index (χ1n) is 8.90. The number of hydrogen-bond donors (Lipinski definition) is 2. The van der Waals surface area contributed by atoms with Crippen LogP contribution >= 0.6 is 0 Å². The molecule has 0 saturated carbocycles. The highest BCUT2D eigenvalue weighted by Gasteiger charge is 2.36. The molecule has 2 aromatic rings. The average molecular weight is 380 g/mol. The lowest BCUT2D eigenvalue weighted by atomic mass is 10.1. The van der Waals surface area contributed by atoms with Crippen molar-refractivity contribution in [3.05, 3.63) is 59.2 Å². The average Bonchev–Trinajstić information content (AvgIpc) is 2.68. The number of barbiturate groups is 1. The normalized spacial score (nSPS) is 15.7. The van der Waals surface area contributed by atoms with Crippen molar-refractivity contribution in [3.63, 3.8) is 0 Å². The number of aryl methyl sites for hydroxylation is 1. The van der Waals surface area contributed by atoms with Crippen molar-refractivity contribution in [2.24, 2.45) is 0 Å². The van der Waals surface area contributed by atoms with Crippen LogP contribution in [0.1, 0.15) is 25.0 Å². The van der Waals surface area contributed by atoms with E-state index in [9.17, 15) is 19.5 Å². The molecule has 0 radical (unpaired) electrons. The summed E-state index contributed by atoms with van der Waals surface area (Å²) >= 11 is 0. The number of urea groups is 1. The molecular weight excluding hydrogens is 360 g/mol. The van der Waals surface area contributed by atoms with E-state index in [-0.39, 0.29) is 17.1 Å². The number of phenols is 1. The number of nitrogens with zero attached hydrogens (tertiary/aromatic N) is 1. The summed E-state index contributed by atoms with van der Waals surface area (Å²) in [5.74, 6) is -1.30. The van der Waals surface area contributed by atoms with Gasteiger partial charge in [-0.2, -0.15) is 0 Å². The van der Waals surface area contributed by atoms with Gasteiger partial charge >= 0.3 is 6.03 Å². The van der Waals surface area contributed by atoms with Crippen LogP contribution < -0.4 is 15.0 Å². The van der Waals surface area contributed by atoms with Gasteiger partial charge in [-0.15, -0.1) is 0 Å². The van der Waals surface area contributed by atoms with E-state index in [1.54, 1.807) is 25.1 Å². The number of aromatic hydroxyl groups is 1. The number of amides is 4. The van der Waals surface area contributed by atoms with Gasteiger partial charge in [0.25, 0.3) is 11.8 Å². The van der Waals surface area contributed by atoms with Crippen molar-refractivity contribution >= 4 is 29.6 Å². The Morgan fingerprint density at radius 1 is 1.07 bits per heavy atom. The standard InChI is InChI=1S/C21H20N2O5/c1-3-13-5-8-15(9-6-13)23-20(26)16(19(25)22-21(23)27)11-14-7-10-17(24)18(12-14)28-4-2/h5-12,24H,3-4H2,1-2H3,(H,22,25,27). The van der Waals surface area contributed by atoms with Crippen LogP contribution in [-0.4, -0.2) is 29.6 Å². The quantitative estimate of drug-likeness (QED) is 0.614. The number of phenolic OH excluding ortho intramolecular Hbond substituents is 1. The Labute approximate surface area is 162 Å². The maximum Gasteiger partial charge on any atom is 0.335 e. The molecule has 0 spiro atoms. The maximum absolute atomic E-state index is 12.9. The molecular formula is C21H20N2O5. The number of carbonyl (C=O) groups is 3. The molecule has 1 fully saturated rings. The maximum atomic E-state index is 12.9. The number of ether oxygens (including phenoxy) is 1. The first kappa shape index (κ1) is 19.2. The highest BCUT2D eigenvalue weighted by atomic mass is 16.5. The van der Waals surface area contributed by atoms with Gasteiger partial charge in [-0.25, -0.2) is 9.69 Å². The van der Waals surface area contributed by atoms with Crippen molar-refractivity contribution in [1.82, 2.24) is 5.32 Å². The smallest absolute Gasteiger partial charge is 0.335 e. The van der Waals surface area contributed by atoms with Crippen LogP contribution in [0.5, 0.6) is 11.5 Å². The van der Waals surface area contributed by atoms with E-state index in [2.05, 4.69) is 5.32 Å². The van der Waals surface area contributed by atoms with Gasteiger partial charge in [0.15, 0.2) is 11.5 Å². The Balaban J connectivity index is 1.97. The Hall–Kier alpha value is -3.61. The fourth-order valence-electron chi connectivity index (χ4n) is 2.83. The monoisotopic (exact) mass is 380 g/mol. The summed E-state index contributed by atoms with van der Waals surface area (Å²) in [6, 6.07) is 10.7. The Bertz CT molecular complexity index is 963. The van der Waals surface area contributed by atoms with E-state index < -0.39 is 17.8 Å². The summed E-state index contributed by atoms with van der Waals surface area (Å²) in [4.78, 5) is 38.3. The molecule has 28 heavy (non-hydrogen) atoms. The minimum absolute atomic E-state index is 0.0451. The van der Waals surface area contributed by atoms with Gasteiger partial charge in [-0.3, -0.25) is 14.9 Å². The third-order valence-corrected chi connectivity index (χ3v) is 4.30. The Kier molecular flexibility index (Phi) is 5.44. The summed E-state index contributed by atoms with van der Waals surface area (Å²) in [5, 5.41) is 12.0. The summed E-state index contributed by atoms with van der Waals surface area (Å²) in [6.07, 6.45) is 2.19. The number of hydrogen-bond acceptors (Lipinski definition) is 5.